The molecule has 0 N–H and O–H groups in total. The monoisotopic (exact) mass is 214 g/mol. The van der Waals surface area contributed by atoms with E-state index in [-0.39, 0.29) is 0 Å². The minimum absolute atomic E-state index is 0.825. The number of fused-ring (bicyclic) bond motifs is 4. The molecule has 1 aromatic rings. The van der Waals surface area contributed by atoms with Crippen LogP contribution in [0.25, 0.3) is 0 Å². The number of rotatable bonds is 1. The third-order valence-electron chi connectivity index (χ3n) is 5.52. The maximum atomic E-state index is 2.57. The molecule has 0 heterocycles. The van der Waals surface area contributed by atoms with E-state index in [1.165, 1.54) is 6.42 Å². The number of benzene rings is 1. The highest BCUT2D eigenvalue weighted by Gasteiger charge is 2.82. The summed E-state index contributed by atoms with van der Waals surface area (Å²) in [7, 11) is -0.946. The minimum atomic E-state index is -0.946. The fourth-order valence-corrected chi connectivity index (χ4v) is 8.22. The Labute approximate surface area is 92.7 Å². The molecule has 0 aliphatic heterocycles. The maximum absolute atomic E-state index is 2.57. The van der Waals surface area contributed by atoms with E-state index < -0.39 is 8.07 Å². The molecule has 1 heteroatoms. The quantitative estimate of drug-likeness (QED) is 0.620. The molecule has 2 saturated carbocycles. The Morgan fingerprint density at radius 1 is 1.13 bits per heavy atom. The fraction of sp³-hybridized carbons (Fsp3) is 0.571. The van der Waals surface area contributed by atoms with Crippen molar-refractivity contribution in [3.8, 4) is 0 Å². The Balaban J connectivity index is 1.86. The van der Waals surface area contributed by atoms with Crippen LogP contribution in [0, 0.1) is 5.92 Å². The van der Waals surface area contributed by atoms with Crippen LogP contribution in [0.15, 0.2) is 24.3 Å². The third kappa shape index (κ3) is 0.691. The molecule has 0 radical (unpaired) electrons. The van der Waals surface area contributed by atoms with Gasteiger partial charge in [-0.15, -0.1) is 0 Å². The summed E-state index contributed by atoms with van der Waals surface area (Å²) >= 11 is 0. The van der Waals surface area contributed by atoms with Gasteiger partial charge in [0.2, 0.25) is 0 Å². The van der Waals surface area contributed by atoms with Crippen LogP contribution in [-0.2, 0) is 0 Å². The van der Waals surface area contributed by atoms with E-state index >= 15 is 0 Å². The zero-order chi connectivity index (χ0) is 10.4. The van der Waals surface area contributed by atoms with Gasteiger partial charge >= 0.3 is 0 Å². The fourth-order valence-electron chi connectivity index (χ4n) is 4.83. The molecule has 0 unspecified atom stereocenters. The van der Waals surface area contributed by atoms with E-state index in [4.69, 9.17) is 0 Å². The first-order valence-electron chi connectivity index (χ1n) is 6.16. The van der Waals surface area contributed by atoms with Crippen molar-refractivity contribution in [3.05, 3.63) is 35.4 Å². The van der Waals surface area contributed by atoms with Crippen molar-refractivity contribution in [2.45, 2.75) is 42.9 Å². The molecule has 0 amide bonds. The summed E-state index contributed by atoms with van der Waals surface area (Å²) in [5, 5.41) is 0.825. The van der Waals surface area contributed by atoms with Gasteiger partial charge in [-0.05, 0) is 40.3 Å². The topological polar surface area (TPSA) is 0 Å². The summed E-state index contributed by atoms with van der Waals surface area (Å²) < 4.78 is 0. The lowest BCUT2D eigenvalue weighted by Gasteiger charge is -2.45. The Bertz CT molecular complexity index is 457. The third-order valence-corrected chi connectivity index (χ3v) is 9.16. The predicted molar refractivity (Wildman–Crippen MR) is 66.1 cm³/mol. The van der Waals surface area contributed by atoms with Crippen molar-refractivity contribution in [1.82, 2.24) is 0 Å². The molecule has 0 spiro atoms. The van der Waals surface area contributed by atoms with Gasteiger partial charge in [-0.2, -0.15) is 0 Å². The van der Waals surface area contributed by atoms with Crippen molar-refractivity contribution in [1.29, 1.82) is 0 Å². The second kappa shape index (κ2) is 2.10. The van der Waals surface area contributed by atoms with Crippen LogP contribution >= 0.6 is 0 Å². The Morgan fingerprint density at radius 2 is 1.80 bits per heavy atom. The Morgan fingerprint density at radius 3 is 2.47 bits per heavy atom. The molecular weight excluding hydrogens is 196 g/mol. The molecule has 3 aliphatic carbocycles. The molecule has 4 atom stereocenters. The molecule has 0 nitrogen and oxygen atoms in total. The lowest BCUT2D eigenvalue weighted by atomic mass is 9.77. The summed E-state index contributed by atoms with van der Waals surface area (Å²) in [6, 6.07) is 9.23. The SMILES string of the molecule is C[Si](C)(C)[C@]12C[C@@H]3c4ccccc4[C@@H]1[C@H]32. The molecule has 78 valence electrons. The molecule has 2 fully saturated rings. The summed E-state index contributed by atoms with van der Waals surface area (Å²) in [5.41, 5.74) is 3.42. The molecule has 3 aliphatic rings. The molecular formula is C14H18Si. The van der Waals surface area contributed by atoms with Crippen LogP contribution in [-0.4, -0.2) is 8.07 Å². The van der Waals surface area contributed by atoms with Gasteiger partial charge in [0.25, 0.3) is 0 Å². The first-order chi connectivity index (χ1) is 7.07. The Kier molecular flexibility index (Phi) is 1.20. The van der Waals surface area contributed by atoms with E-state index in [0.717, 1.165) is 22.8 Å². The van der Waals surface area contributed by atoms with E-state index in [0.29, 0.717) is 0 Å². The Hall–Kier alpha value is -0.563. The summed E-state index contributed by atoms with van der Waals surface area (Å²) in [6.07, 6.45) is 1.52. The molecule has 15 heavy (non-hydrogen) atoms. The van der Waals surface area contributed by atoms with Crippen molar-refractivity contribution >= 4 is 8.07 Å². The predicted octanol–water partition coefficient (Wildman–Crippen LogP) is 3.98. The van der Waals surface area contributed by atoms with Gasteiger partial charge in [0.1, 0.15) is 0 Å². The van der Waals surface area contributed by atoms with Crippen molar-refractivity contribution in [3.63, 3.8) is 0 Å². The first kappa shape index (κ1) is 8.57. The maximum Gasteiger partial charge on any atom is 0.0517 e. The van der Waals surface area contributed by atoms with Crippen LogP contribution < -0.4 is 0 Å². The van der Waals surface area contributed by atoms with Crippen molar-refractivity contribution < 1.29 is 0 Å². The summed E-state index contributed by atoms with van der Waals surface area (Å²) in [4.78, 5) is 0. The lowest BCUT2D eigenvalue weighted by molar-refractivity contribution is 0.391. The van der Waals surface area contributed by atoms with Crippen LogP contribution in [0.4, 0.5) is 0 Å². The molecule has 4 rings (SSSR count). The standard InChI is InChI=1S/C14H18Si/c1-15(2,3)14-8-11-9-6-4-5-7-10(9)12(14)13(11)14/h4-7,11-13H,8H2,1-3H3/t11-,12-,13+,14-/m1/s1. The van der Waals surface area contributed by atoms with E-state index in [1.807, 2.05) is 0 Å². The van der Waals surface area contributed by atoms with Crippen molar-refractivity contribution in [2.75, 3.05) is 0 Å². The second-order valence-corrected chi connectivity index (χ2v) is 12.2. The van der Waals surface area contributed by atoms with E-state index in [2.05, 4.69) is 43.9 Å². The van der Waals surface area contributed by atoms with Gasteiger partial charge in [-0.1, -0.05) is 43.9 Å². The smallest absolute Gasteiger partial charge is 0.0517 e. The number of hydrogen-bond donors (Lipinski definition) is 0. The van der Waals surface area contributed by atoms with E-state index in [9.17, 15) is 0 Å². The summed E-state index contributed by atoms with van der Waals surface area (Å²) in [6.45, 7) is 7.72. The van der Waals surface area contributed by atoms with Crippen LogP contribution in [0.1, 0.15) is 29.4 Å². The van der Waals surface area contributed by atoms with Gasteiger partial charge in [0.05, 0.1) is 8.07 Å². The minimum Gasteiger partial charge on any atom is -0.0691 e. The first-order valence-corrected chi connectivity index (χ1v) is 9.66. The number of hydrogen-bond acceptors (Lipinski definition) is 0. The lowest BCUT2D eigenvalue weighted by Crippen LogP contribution is -2.40. The zero-order valence-electron chi connectivity index (χ0n) is 9.75. The highest BCUT2D eigenvalue weighted by atomic mass is 28.3. The van der Waals surface area contributed by atoms with E-state index in [1.54, 1.807) is 11.1 Å². The molecule has 0 bridgehead atoms. The zero-order valence-corrected chi connectivity index (χ0v) is 10.7. The molecule has 1 aromatic carbocycles. The largest absolute Gasteiger partial charge is 0.0691 e. The van der Waals surface area contributed by atoms with Crippen LogP contribution in [0.2, 0.25) is 24.7 Å². The molecule has 0 aromatic heterocycles. The van der Waals surface area contributed by atoms with Gasteiger partial charge in [-0.25, -0.2) is 0 Å². The normalized spacial score (nSPS) is 44.3. The van der Waals surface area contributed by atoms with Crippen molar-refractivity contribution in [2.24, 2.45) is 5.92 Å². The highest BCUT2D eigenvalue weighted by molar-refractivity contribution is 6.80. The van der Waals surface area contributed by atoms with Gasteiger partial charge in [0, 0.05) is 0 Å². The molecule has 0 saturated heterocycles. The summed E-state index contributed by atoms with van der Waals surface area (Å²) in [5.74, 6) is 3.00. The van der Waals surface area contributed by atoms with Gasteiger partial charge in [-0.3, -0.25) is 0 Å². The van der Waals surface area contributed by atoms with Crippen LogP contribution in [0.5, 0.6) is 0 Å². The highest BCUT2D eigenvalue weighted by Crippen LogP contribution is 2.94. The average Bonchev–Trinajstić information content (AvgIpc) is 2.57. The van der Waals surface area contributed by atoms with Crippen LogP contribution in [0.3, 0.4) is 0 Å². The van der Waals surface area contributed by atoms with Gasteiger partial charge in [0.15, 0.2) is 0 Å². The van der Waals surface area contributed by atoms with Gasteiger partial charge < -0.3 is 0 Å². The second-order valence-electron chi connectivity index (χ2n) is 6.73. The average molecular weight is 214 g/mol.